The average Bonchev–Trinajstić information content (AvgIpc) is 2.69. The Morgan fingerprint density at radius 2 is 1.41 bits per heavy atom. The van der Waals surface area contributed by atoms with Crippen molar-refractivity contribution in [1.29, 1.82) is 0 Å². The number of hydrogen-bond acceptors (Lipinski definition) is 4. The molecule has 0 radical (unpaired) electrons. The van der Waals surface area contributed by atoms with E-state index in [4.69, 9.17) is 44.3 Å². The highest BCUT2D eigenvalue weighted by Gasteiger charge is 2.17. The quantitative estimate of drug-likeness (QED) is 0.212. The first-order valence-corrected chi connectivity index (χ1v) is 10.7. The van der Waals surface area contributed by atoms with Crippen LogP contribution in [0.5, 0.6) is 5.75 Å². The molecule has 0 aliphatic rings. The molecule has 0 aromatic heterocycles. The summed E-state index contributed by atoms with van der Waals surface area (Å²) in [6.45, 7) is 2.53. The SMILES string of the molecule is CCCCCCCCOC(=O)c1cccc(C(=O)Oc2c(Cl)cc(Cl)cc2Cl)c1. The Hall–Kier alpha value is -1.75. The molecule has 2 aromatic carbocycles. The van der Waals surface area contributed by atoms with Gasteiger partial charge in [0.2, 0.25) is 0 Å². The van der Waals surface area contributed by atoms with E-state index in [2.05, 4.69) is 6.92 Å². The zero-order valence-electron chi connectivity index (χ0n) is 16.2. The molecule has 0 spiro atoms. The molecule has 0 N–H and O–H groups in total. The van der Waals surface area contributed by atoms with Crippen molar-refractivity contribution < 1.29 is 19.1 Å². The molecule has 156 valence electrons. The third-order valence-corrected chi connectivity index (χ3v) is 5.00. The van der Waals surface area contributed by atoms with Crippen molar-refractivity contribution >= 4 is 46.7 Å². The fourth-order valence-corrected chi connectivity index (χ4v) is 3.58. The van der Waals surface area contributed by atoms with Gasteiger partial charge >= 0.3 is 11.9 Å². The maximum atomic E-state index is 12.4. The van der Waals surface area contributed by atoms with Crippen LogP contribution in [0.3, 0.4) is 0 Å². The number of benzene rings is 2. The Morgan fingerprint density at radius 3 is 2.07 bits per heavy atom. The predicted molar refractivity (Wildman–Crippen MR) is 117 cm³/mol. The minimum atomic E-state index is -0.693. The number of carbonyl (C=O) groups is 2. The lowest BCUT2D eigenvalue weighted by Crippen LogP contribution is -2.12. The van der Waals surface area contributed by atoms with Crippen LogP contribution in [-0.4, -0.2) is 18.5 Å². The molecule has 2 rings (SSSR count). The van der Waals surface area contributed by atoms with Gasteiger partial charge in [-0.15, -0.1) is 0 Å². The number of ether oxygens (including phenoxy) is 2. The molecular formula is C22H23Cl3O4. The third-order valence-electron chi connectivity index (χ3n) is 4.22. The highest BCUT2D eigenvalue weighted by atomic mass is 35.5. The highest BCUT2D eigenvalue weighted by Crippen LogP contribution is 2.36. The Bertz CT molecular complexity index is 829. The van der Waals surface area contributed by atoms with Crippen LogP contribution in [-0.2, 0) is 4.74 Å². The van der Waals surface area contributed by atoms with Crippen LogP contribution in [0.4, 0.5) is 0 Å². The van der Waals surface area contributed by atoms with Gasteiger partial charge in [-0.1, -0.05) is 79.9 Å². The van der Waals surface area contributed by atoms with Crippen molar-refractivity contribution in [1.82, 2.24) is 0 Å². The number of unbranched alkanes of at least 4 members (excludes halogenated alkanes) is 5. The maximum absolute atomic E-state index is 12.4. The van der Waals surface area contributed by atoms with Gasteiger partial charge < -0.3 is 9.47 Å². The van der Waals surface area contributed by atoms with Crippen LogP contribution in [0.2, 0.25) is 15.1 Å². The summed E-state index contributed by atoms with van der Waals surface area (Å²) in [6.07, 6.45) is 6.63. The Kier molecular flexibility index (Phi) is 9.79. The summed E-state index contributed by atoms with van der Waals surface area (Å²) in [4.78, 5) is 24.7. The van der Waals surface area contributed by atoms with E-state index in [1.54, 1.807) is 12.1 Å². The number of esters is 2. The molecule has 0 fully saturated rings. The zero-order valence-corrected chi connectivity index (χ0v) is 18.4. The van der Waals surface area contributed by atoms with E-state index in [9.17, 15) is 9.59 Å². The van der Waals surface area contributed by atoms with Gasteiger partial charge in [0.25, 0.3) is 0 Å². The van der Waals surface area contributed by atoms with E-state index in [1.165, 1.54) is 43.5 Å². The molecule has 0 saturated heterocycles. The Labute approximate surface area is 186 Å². The van der Waals surface area contributed by atoms with E-state index in [0.717, 1.165) is 19.3 Å². The highest BCUT2D eigenvalue weighted by molar-refractivity contribution is 6.40. The largest absolute Gasteiger partial charge is 0.462 e. The zero-order chi connectivity index (χ0) is 21.2. The van der Waals surface area contributed by atoms with E-state index < -0.39 is 11.9 Å². The smallest absolute Gasteiger partial charge is 0.343 e. The Morgan fingerprint density at radius 1 is 0.828 bits per heavy atom. The van der Waals surface area contributed by atoms with E-state index >= 15 is 0 Å². The molecule has 0 saturated carbocycles. The number of carbonyl (C=O) groups excluding carboxylic acids is 2. The van der Waals surface area contributed by atoms with Gasteiger partial charge in [0.15, 0.2) is 5.75 Å². The summed E-state index contributed by atoms with van der Waals surface area (Å²) in [5.74, 6) is -1.16. The van der Waals surface area contributed by atoms with Crippen LogP contribution in [0.25, 0.3) is 0 Å². The van der Waals surface area contributed by atoms with Gasteiger partial charge in [-0.2, -0.15) is 0 Å². The molecule has 0 atom stereocenters. The molecular weight excluding hydrogens is 435 g/mol. The van der Waals surface area contributed by atoms with Gasteiger partial charge in [-0.25, -0.2) is 9.59 Å². The number of hydrogen-bond donors (Lipinski definition) is 0. The lowest BCUT2D eigenvalue weighted by atomic mass is 10.1. The topological polar surface area (TPSA) is 52.6 Å². The molecule has 0 aliphatic carbocycles. The van der Waals surface area contributed by atoms with Crippen molar-refractivity contribution in [2.75, 3.05) is 6.61 Å². The van der Waals surface area contributed by atoms with Gasteiger partial charge in [0.1, 0.15) is 0 Å². The Balaban J connectivity index is 1.93. The fourth-order valence-electron chi connectivity index (χ4n) is 2.68. The molecule has 0 aliphatic heterocycles. The van der Waals surface area contributed by atoms with Crippen molar-refractivity contribution in [3.8, 4) is 5.75 Å². The standard InChI is InChI=1S/C22H23Cl3O4/c1-2-3-4-5-6-7-11-28-21(26)15-9-8-10-16(12-15)22(27)29-20-18(24)13-17(23)14-19(20)25/h8-10,12-14H,2-7,11H2,1H3. The van der Waals surface area contributed by atoms with E-state index in [0.29, 0.717) is 11.6 Å². The molecule has 0 unspecified atom stereocenters. The first-order chi connectivity index (χ1) is 13.9. The monoisotopic (exact) mass is 456 g/mol. The van der Waals surface area contributed by atoms with Crippen LogP contribution >= 0.6 is 34.8 Å². The molecule has 0 amide bonds. The summed E-state index contributed by atoms with van der Waals surface area (Å²) < 4.78 is 10.6. The minimum absolute atomic E-state index is 0.0128. The van der Waals surface area contributed by atoms with E-state index in [1.807, 2.05) is 0 Å². The van der Waals surface area contributed by atoms with Crippen LogP contribution in [0, 0.1) is 0 Å². The van der Waals surface area contributed by atoms with Gasteiger partial charge in [-0.3, -0.25) is 0 Å². The van der Waals surface area contributed by atoms with E-state index in [-0.39, 0.29) is 26.9 Å². The van der Waals surface area contributed by atoms with Crippen molar-refractivity contribution in [2.45, 2.75) is 45.4 Å². The van der Waals surface area contributed by atoms with Gasteiger partial charge in [-0.05, 0) is 36.8 Å². The molecule has 29 heavy (non-hydrogen) atoms. The third kappa shape index (κ3) is 7.54. The minimum Gasteiger partial charge on any atom is -0.462 e. The first-order valence-electron chi connectivity index (χ1n) is 9.56. The van der Waals surface area contributed by atoms with Crippen molar-refractivity contribution in [2.24, 2.45) is 0 Å². The summed E-state index contributed by atoms with van der Waals surface area (Å²) in [7, 11) is 0. The summed E-state index contributed by atoms with van der Waals surface area (Å²) in [6, 6.07) is 8.97. The lowest BCUT2D eigenvalue weighted by Gasteiger charge is -2.10. The van der Waals surface area contributed by atoms with Crippen molar-refractivity contribution in [3.05, 3.63) is 62.6 Å². The number of halogens is 3. The molecule has 4 nitrogen and oxygen atoms in total. The lowest BCUT2D eigenvalue weighted by molar-refractivity contribution is 0.0497. The summed E-state index contributed by atoms with van der Waals surface area (Å²) in [5.41, 5.74) is 0.458. The molecule has 7 heteroatoms. The van der Waals surface area contributed by atoms with Crippen LogP contribution in [0.1, 0.15) is 66.2 Å². The predicted octanol–water partition coefficient (Wildman–Crippen LogP) is 7.38. The second-order valence-electron chi connectivity index (χ2n) is 6.57. The summed E-state index contributed by atoms with van der Waals surface area (Å²) >= 11 is 17.9. The summed E-state index contributed by atoms with van der Waals surface area (Å²) in [5, 5.41) is 0.561. The maximum Gasteiger partial charge on any atom is 0.343 e. The van der Waals surface area contributed by atoms with Gasteiger partial charge in [0.05, 0.1) is 27.8 Å². The fraction of sp³-hybridized carbons (Fsp3) is 0.364. The normalized spacial score (nSPS) is 10.6. The number of rotatable bonds is 10. The van der Waals surface area contributed by atoms with Gasteiger partial charge in [0, 0.05) is 5.02 Å². The van der Waals surface area contributed by atoms with Crippen LogP contribution < -0.4 is 4.74 Å². The molecule has 0 bridgehead atoms. The van der Waals surface area contributed by atoms with Crippen molar-refractivity contribution in [3.63, 3.8) is 0 Å². The second kappa shape index (κ2) is 12.1. The molecule has 0 heterocycles. The molecule has 2 aromatic rings. The second-order valence-corrected chi connectivity index (χ2v) is 7.82. The van der Waals surface area contributed by atoms with Crippen LogP contribution in [0.15, 0.2) is 36.4 Å². The average molecular weight is 458 g/mol. The first kappa shape index (κ1) is 23.5.